The second-order valence-electron chi connectivity index (χ2n) is 6.36. The van der Waals surface area contributed by atoms with E-state index in [1.165, 1.54) is 0 Å². The third kappa shape index (κ3) is 3.02. The Hall–Kier alpha value is -1.43. The Bertz CT molecular complexity index is 655. The minimum atomic E-state index is -0.0397. The van der Waals surface area contributed by atoms with Crippen LogP contribution in [0, 0.1) is 0 Å². The van der Waals surface area contributed by atoms with E-state index in [0.717, 1.165) is 29.4 Å². The van der Waals surface area contributed by atoms with Gasteiger partial charge in [0.15, 0.2) is 0 Å². The van der Waals surface area contributed by atoms with Crippen LogP contribution in [0.1, 0.15) is 31.2 Å². The number of hydrogen-bond acceptors (Lipinski definition) is 4. The van der Waals surface area contributed by atoms with Crippen LogP contribution >= 0.6 is 11.6 Å². The van der Waals surface area contributed by atoms with Crippen LogP contribution in [0.25, 0.3) is 0 Å². The molecule has 5 nitrogen and oxygen atoms in total. The number of benzene rings is 1. The molecule has 1 saturated heterocycles. The summed E-state index contributed by atoms with van der Waals surface area (Å²) in [6, 6.07) is 7.89. The van der Waals surface area contributed by atoms with Gasteiger partial charge in [0.25, 0.3) is 0 Å². The molecule has 0 aliphatic carbocycles. The smallest absolute Gasteiger partial charge is 0.0967 e. The average molecular weight is 321 g/mol. The van der Waals surface area contributed by atoms with E-state index in [2.05, 4.69) is 29.1 Å². The summed E-state index contributed by atoms with van der Waals surface area (Å²) in [6.45, 7) is 6.64. The monoisotopic (exact) mass is 320 g/mol. The van der Waals surface area contributed by atoms with Gasteiger partial charge in [0.05, 0.1) is 24.6 Å². The first kappa shape index (κ1) is 15.5. The summed E-state index contributed by atoms with van der Waals surface area (Å²) in [7, 11) is 1.92. The average Bonchev–Trinajstić information content (AvgIpc) is 2.87. The highest BCUT2D eigenvalue weighted by atomic mass is 35.5. The zero-order chi connectivity index (χ0) is 15.7. The van der Waals surface area contributed by atoms with Crippen LogP contribution < -0.4 is 0 Å². The standard InChI is InChI=1S/C16H21ClN4O/c1-16(2)11-22-15(13-6-4-5-7-14(13)17)10-21(16)9-12-8-18-19-20(12)3/h4-8,15H,9-11H2,1-3H3/t15-/m0/s1. The molecule has 0 bridgehead atoms. The molecule has 118 valence electrons. The predicted molar refractivity (Wildman–Crippen MR) is 85.6 cm³/mol. The first-order valence-electron chi connectivity index (χ1n) is 7.42. The van der Waals surface area contributed by atoms with E-state index in [-0.39, 0.29) is 11.6 Å². The summed E-state index contributed by atoms with van der Waals surface area (Å²) >= 11 is 6.32. The van der Waals surface area contributed by atoms with E-state index in [1.54, 1.807) is 0 Å². The number of ether oxygens (including phenoxy) is 1. The Morgan fingerprint density at radius 3 is 2.82 bits per heavy atom. The fraction of sp³-hybridized carbons (Fsp3) is 0.500. The molecule has 0 amide bonds. The van der Waals surface area contributed by atoms with E-state index in [1.807, 2.05) is 42.2 Å². The van der Waals surface area contributed by atoms with Crippen molar-refractivity contribution in [3.63, 3.8) is 0 Å². The minimum Gasteiger partial charge on any atom is -0.370 e. The van der Waals surface area contributed by atoms with Crippen molar-refractivity contribution >= 4 is 11.6 Å². The van der Waals surface area contributed by atoms with Crippen molar-refractivity contribution in [1.82, 2.24) is 19.9 Å². The van der Waals surface area contributed by atoms with Crippen molar-refractivity contribution in [3.8, 4) is 0 Å². The molecular weight excluding hydrogens is 300 g/mol. The van der Waals surface area contributed by atoms with Gasteiger partial charge in [-0.1, -0.05) is 35.0 Å². The summed E-state index contributed by atoms with van der Waals surface area (Å²) in [6.07, 6.45) is 1.80. The van der Waals surface area contributed by atoms with Gasteiger partial charge >= 0.3 is 0 Å². The summed E-state index contributed by atoms with van der Waals surface area (Å²) in [5, 5.41) is 8.73. The molecule has 0 saturated carbocycles. The number of halogens is 1. The molecular formula is C16H21ClN4O. The van der Waals surface area contributed by atoms with Gasteiger partial charge in [-0.2, -0.15) is 0 Å². The Balaban J connectivity index is 1.81. The number of rotatable bonds is 3. The Kier molecular flexibility index (Phi) is 4.21. The molecule has 1 fully saturated rings. The van der Waals surface area contributed by atoms with E-state index >= 15 is 0 Å². The van der Waals surface area contributed by atoms with Gasteiger partial charge in [0.1, 0.15) is 0 Å². The number of morpholine rings is 1. The van der Waals surface area contributed by atoms with Crippen LogP contribution in [0.4, 0.5) is 0 Å². The normalized spacial score (nSPS) is 21.9. The first-order chi connectivity index (χ1) is 10.5. The lowest BCUT2D eigenvalue weighted by Gasteiger charge is -2.45. The summed E-state index contributed by atoms with van der Waals surface area (Å²) in [5.41, 5.74) is 2.10. The maximum atomic E-state index is 6.32. The molecule has 0 unspecified atom stereocenters. The highest BCUT2D eigenvalue weighted by molar-refractivity contribution is 6.31. The van der Waals surface area contributed by atoms with Gasteiger partial charge in [0, 0.05) is 36.3 Å². The summed E-state index contributed by atoms with van der Waals surface area (Å²) < 4.78 is 7.89. The Labute approximate surface area is 135 Å². The van der Waals surface area contributed by atoms with Gasteiger partial charge < -0.3 is 4.74 Å². The molecule has 3 rings (SSSR count). The third-order valence-electron chi connectivity index (χ3n) is 4.29. The first-order valence-corrected chi connectivity index (χ1v) is 7.80. The third-order valence-corrected chi connectivity index (χ3v) is 4.64. The van der Waals surface area contributed by atoms with E-state index < -0.39 is 0 Å². The highest BCUT2D eigenvalue weighted by Gasteiger charge is 2.36. The van der Waals surface area contributed by atoms with Crippen molar-refractivity contribution in [2.45, 2.75) is 32.0 Å². The molecule has 1 aromatic heterocycles. The molecule has 1 aliphatic heterocycles. The van der Waals surface area contributed by atoms with Crippen LogP contribution in [-0.2, 0) is 18.3 Å². The zero-order valence-corrected chi connectivity index (χ0v) is 13.9. The van der Waals surface area contributed by atoms with Crippen LogP contribution in [0.2, 0.25) is 5.02 Å². The molecule has 0 radical (unpaired) electrons. The van der Waals surface area contributed by atoms with Gasteiger partial charge in [-0.15, -0.1) is 5.10 Å². The Morgan fingerprint density at radius 2 is 2.14 bits per heavy atom. The number of hydrogen-bond donors (Lipinski definition) is 0. The van der Waals surface area contributed by atoms with Gasteiger partial charge in [-0.3, -0.25) is 9.58 Å². The second kappa shape index (κ2) is 5.99. The van der Waals surface area contributed by atoms with Crippen LogP contribution in [-0.4, -0.2) is 38.6 Å². The largest absolute Gasteiger partial charge is 0.370 e. The summed E-state index contributed by atoms with van der Waals surface area (Å²) in [5.74, 6) is 0. The number of aromatic nitrogens is 3. The summed E-state index contributed by atoms with van der Waals surface area (Å²) in [4.78, 5) is 2.41. The molecule has 0 spiro atoms. The van der Waals surface area contributed by atoms with Gasteiger partial charge in [-0.25, -0.2) is 0 Å². The molecule has 1 aromatic carbocycles. The SMILES string of the molecule is Cn1nncc1CN1C[C@@H](c2ccccc2Cl)OCC1(C)C. The van der Waals surface area contributed by atoms with E-state index in [9.17, 15) is 0 Å². The lowest BCUT2D eigenvalue weighted by Crippen LogP contribution is -2.53. The molecule has 1 atom stereocenters. The van der Waals surface area contributed by atoms with E-state index in [0.29, 0.717) is 6.61 Å². The molecule has 6 heteroatoms. The maximum Gasteiger partial charge on any atom is 0.0967 e. The van der Waals surface area contributed by atoms with Crippen LogP contribution in [0.15, 0.2) is 30.5 Å². The van der Waals surface area contributed by atoms with Gasteiger partial charge in [0.2, 0.25) is 0 Å². The molecule has 2 aromatic rings. The van der Waals surface area contributed by atoms with Crippen LogP contribution in [0.3, 0.4) is 0 Å². The van der Waals surface area contributed by atoms with Crippen molar-refractivity contribution in [3.05, 3.63) is 46.7 Å². The maximum absolute atomic E-state index is 6.32. The van der Waals surface area contributed by atoms with Crippen LogP contribution in [0.5, 0.6) is 0 Å². The van der Waals surface area contributed by atoms with Gasteiger partial charge in [-0.05, 0) is 19.9 Å². The van der Waals surface area contributed by atoms with Crippen molar-refractivity contribution in [2.75, 3.05) is 13.2 Å². The zero-order valence-electron chi connectivity index (χ0n) is 13.2. The molecule has 2 heterocycles. The topological polar surface area (TPSA) is 43.2 Å². The van der Waals surface area contributed by atoms with Crippen molar-refractivity contribution in [1.29, 1.82) is 0 Å². The molecule has 0 N–H and O–H groups in total. The number of aryl methyl sites for hydroxylation is 1. The quantitative estimate of drug-likeness (QED) is 0.872. The van der Waals surface area contributed by atoms with E-state index in [4.69, 9.17) is 16.3 Å². The minimum absolute atomic E-state index is 0.0112. The second-order valence-corrected chi connectivity index (χ2v) is 6.77. The van der Waals surface area contributed by atoms with Crippen molar-refractivity contribution < 1.29 is 4.74 Å². The highest BCUT2D eigenvalue weighted by Crippen LogP contribution is 2.34. The lowest BCUT2D eigenvalue weighted by molar-refractivity contribution is -0.105. The molecule has 1 aliphatic rings. The van der Waals surface area contributed by atoms with Crippen molar-refractivity contribution in [2.24, 2.45) is 7.05 Å². The predicted octanol–water partition coefficient (Wildman–Crippen LogP) is 2.82. The fourth-order valence-corrected chi connectivity index (χ4v) is 3.01. The lowest BCUT2D eigenvalue weighted by atomic mass is 9.98. The fourth-order valence-electron chi connectivity index (χ4n) is 2.75. The number of nitrogens with zero attached hydrogens (tertiary/aromatic N) is 4. The molecule has 22 heavy (non-hydrogen) atoms. The Morgan fingerprint density at radius 1 is 1.36 bits per heavy atom.